The average Bonchev–Trinajstić information content (AvgIpc) is 2.85. The number of alkyl halides is 3. The molecule has 1 unspecified atom stereocenters. The topological polar surface area (TPSA) is 133 Å². The van der Waals surface area contributed by atoms with Gasteiger partial charge in [-0.05, 0) is 70.4 Å². The van der Waals surface area contributed by atoms with Crippen LogP contribution in [0.2, 0.25) is 0 Å². The molecule has 218 valence electrons. The number of nitrogens with zero attached hydrogens (tertiary/aromatic N) is 2. The van der Waals surface area contributed by atoms with Crippen molar-refractivity contribution in [1.82, 2.24) is 20.7 Å². The molecule has 13 heteroatoms. The van der Waals surface area contributed by atoms with Crippen LogP contribution in [-0.2, 0) is 20.7 Å². The predicted octanol–water partition coefficient (Wildman–Crippen LogP) is 4.05. The Morgan fingerprint density at radius 1 is 1.20 bits per heavy atom. The van der Waals surface area contributed by atoms with Gasteiger partial charge in [-0.3, -0.25) is 19.6 Å². The number of carbonyl (C=O) groups is 3. The van der Waals surface area contributed by atoms with Crippen molar-refractivity contribution in [3.05, 3.63) is 47.7 Å². The van der Waals surface area contributed by atoms with Crippen molar-refractivity contribution in [2.24, 2.45) is 0 Å². The zero-order chi connectivity index (χ0) is 29.7. The molecule has 1 aromatic carbocycles. The molecule has 1 aromatic heterocycles. The number of rotatable bonds is 8. The summed E-state index contributed by atoms with van der Waals surface area (Å²) in [6.07, 6.45) is -4.36. The van der Waals surface area contributed by atoms with Crippen LogP contribution in [0.1, 0.15) is 44.9 Å². The Morgan fingerprint density at radius 2 is 1.93 bits per heavy atom. The fourth-order valence-electron chi connectivity index (χ4n) is 4.14. The number of amides is 2. The molecule has 2 aromatic rings. The Kier molecular flexibility index (Phi) is 9.61. The summed E-state index contributed by atoms with van der Waals surface area (Å²) in [4.78, 5) is 42.1. The molecule has 1 aliphatic heterocycles. The molecule has 0 radical (unpaired) electrons. The van der Waals surface area contributed by atoms with Crippen LogP contribution in [-0.4, -0.2) is 70.0 Å². The number of aromatic nitrogens is 1. The maximum Gasteiger partial charge on any atom is 0.408 e. The quantitative estimate of drug-likeness (QED) is 0.377. The first kappa shape index (κ1) is 30.7. The van der Waals surface area contributed by atoms with Gasteiger partial charge < -0.3 is 20.5 Å². The largest absolute Gasteiger partial charge is 0.480 e. The Morgan fingerprint density at radius 3 is 2.55 bits per heavy atom. The average molecular weight is 566 g/mol. The van der Waals surface area contributed by atoms with Crippen LogP contribution in [0.3, 0.4) is 0 Å². The highest BCUT2D eigenvalue weighted by Crippen LogP contribution is 2.25. The first-order valence-electron chi connectivity index (χ1n) is 12.8. The van der Waals surface area contributed by atoms with Gasteiger partial charge in [-0.1, -0.05) is 12.1 Å². The second kappa shape index (κ2) is 12.5. The fourth-order valence-corrected chi connectivity index (χ4v) is 4.14. The van der Waals surface area contributed by atoms with E-state index in [9.17, 15) is 32.7 Å². The summed E-state index contributed by atoms with van der Waals surface area (Å²) in [5, 5.41) is 15.5. The normalized spacial score (nSPS) is 16.7. The number of carboxylic acids is 1. The van der Waals surface area contributed by atoms with Crippen LogP contribution in [0.25, 0.3) is 11.3 Å². The number of aryl methyl sites for hydroxylation is 1. The van der Waals surface area contributed by atoms with Crippen LogP contribution in [0.5, 0.6) is 0 Å². The lowest BCUT2D eigenvalue weighted by Crippen LogP contribution is -2.60. The Hall–Kier alpha value is -3.87. The smallest absolute Gasteiger partial charge is 0.408 e. The molecule has 2 amide bonds. The lowest BCUT2D eigenvalue weighted by Gasteiger charge is -2.34. The minimum atomic E-state index is -4.35. The second-order valence-electron chi connectivity index (χ2n) is 10.6. The molecular weight excluding hydrogens is 531 g/mol. The molecule has 1 fully saturated rings. The number of halogens is 3. The van der Waals surface area contributed by atoms with Crippen molar-refractivity contribution >= 4 is 23.7 Å². The number of benzene rings is 1. The van der Waals surface area contributed by atoms with Crippen molar-refractivity contribution < 1.29 is 37.4 Å². The predicted molar refractivity (Wildman–Crippen MR) is 141 cm³/mol. The number of aliphatic carboxylic acids is 1. The number of hydrogen-bond donors (Lipinski definition) is 4. The molecule has 0 bridgehead atoms. The summed E-state index contributed by atoms with van der Waals surface area (Å²) in [5.74, 6) is -1.63. The molecule has 1 aliphatic rings. The van der Waals surface area contributed by atoms with Crippen LogP contribution in [0, 0.1) is 6.92 Å². The van der Waals surface area contributed by atoms with Crippen LogP contribution in [0.4, 0.5) is 23.7 Å². The van der Waals surface area contributed by atoms with Gasteiger partial charge in [0.15, 0.2) is 0 Å². The maximum atomic E-state index is 13.4. The highest BCUT2D eigenvalue weighted by atomic mass is 19.4. The van der Waals surface area contributed by atoms with Crippen molar-refractivity contribution in [3.63, 3.8) is 0 Å². The Bertz CT molecular complexity index is 1230. The summed E-state index contributed by atoms with van der Waals surface area (Å²) in [7, 11) is 0. The molecule has 3 rings (SSSR count). The molecular formula is C27H34F3N5O5. The van der Waals surface area contributed by atoms with Gasteiger partial charge in [-0.15, -0.1) is 0 Å². The van der Waals surface area contributed by atoms with Crippen molar-refractivity contribution in [2.75, 3.05) is 18.4 Å². The summed E-state index contributed by atoms with van der Waals surface area (Å²) in [6, 6.07) is 7.96. The van der Waals surface area contributed by atoms with Gasteiger partial charge in [0.2, 0.25) is 0 Å². The maximum absolute atomic E-state index is 13.4. The van der Waals surface area contributed by atoms with Crippen LogP contribution >= 0.6 is 0 Å². The van der Waals surface area contributed by atoms with Crippen LogP contribution < -0.4 is 16.1 Å². The Labute approximate surface area is 230 Å². The first-order valence-corrected chi connectivity index (χ1v) is 12.8. The lowest BCUT2D eigenvalue weighted by atomic mass is 10.0. The van der Waals surface area contributed by atoms with E-state index in [-0.39, 0.29) is 13.0 Å². The minimum Gasteiger partial charge on any atom is -0.480 e. The summed E-state index contributed by atoms with van der Waals surface area (Å²) >= 11 is 0. The van der Waals surface area contributed by atoms with Gasteiger partial charge in [0, 0.05) is 29.9 Å². The molecule has 10 nitrogen and oxygen atoms in total. The van der Waals surface area contributed by atoms with E-state index >= 15 is 0 Å². The lowest BCUT2D eigenvalue weighted by molar-refractivity contribution is -0.147. The number of anilines is 1. The molecule has 2 atom stereocenters. The SMILES string of the molecule is Cc1cc(-c2cccc(C[C@H](NC(=O)OC(C)(C)C)C(=O)N3CCCC(C(=O)O)N3)n2)ccc1NCC(F)(F)F. The highest BCUT2D eigenvalue weighted by Gasteiger charge is 2.33. The van der Waals surface area contributed by atoms with E-state index in [2.05, 4.69) is 21.0 Å². The van der Waals surface area contributed by atoms with E-state index in [0.29, 0.717) is 41.0 Å². The second-order valence-corrected chi connectivity index (χ2v) is 10.6. The number of nitrogens with one attached hydrogen (secondary N) is 3. The molecule has 1 saturated heterocycles. The standard InChI is InChI=1S/C27H34F3N5O5/c1-16-13-17(10-11-19(16)31-15-27(28,29)30)20-8-5-7-18(32-20)14-22(33-25(39)40-26(2,3)4)23(36)35-12-6-9-21(34-35)24(37)38/h5,7-8,10-11,13,21-22,31,34H,6,9,12,14-15H2,1-4H3,(H,33,39)(H,37,38)/t21?,22-/m0/s1. The van der Waals surface area contributed by atoms with Gasteiger partial charge in [0.1, 0.15) is 24.2 Å². The zero-order valence-electron chi connectivity index (χ0n) is 22.8. The third kappa shape index (κ3) is 9.11. The number of hydrogen-bond acceptors (Lipinski definition) is 7. The van der Waals surface area contributed by atoms with E-state index in [4.69, 9.17) is 4.74 Å². The van der Waals surface area contributed by atoms with E-state index in [1.54, 1.807) is 64.1 Å². The highest BCUT2D eigenvalue weighted by molar-refractivity contribution is 5.86. The van der Waals surface area contributed by atoms with Gasteiger partial charge in [-0.25, -0.2) is 10.2 Å². The molecule has 40 heavy (non-hydrogen) atoms. The molecule has 0 spiro atoms. The number of pyridine rings is 1. The van der Waals surface area contributed by atoms with E-state index in [0.717, 1.165) is 0 Å². The molecule has 4 N–H and O–H groups in total. The van der Waals surface area contributed by atoms with Crippen molar-refractivity contribution in [2.45, 2.75) is 70.8 Å². The monoisotopic (exact) mass is 565 g/mol. The van der Waals surface area contributed by atoms with Crippen LogP contribution in [0.15, 0.2) is 36.4 Å². The fraction of sp³-hybridized carbons (Fsp3) is 0.481. The van der Waals surface area contributed by atoms with E-state index in [1.807, 2.05) is 0 Å². The van der Waals surface area contributed by atoms with E-state index < -0.39 is 48.4 Å². The van der Waals surface area contributed by atoms with Crippen molar-refractivity contribution in [1.29, 1.82) is 0 Å². The molecule has 2 heterocycles. The number of carboxylic acid groups (broad SMARTS) is 1. The zero-order valence-corrected chi connectivity index (χ0v) is 22.8. The summed E-state index contributed by atoms with van der Waals surface area (Å²) in [5.41, 5.74) is 4.46. The summed E-state index contributed by atoms with van der Waals surface area (Å²) < 4.78 is 43.1. The summed E-state index contributed by atoms with van der Waals surface area (Å²) in [6.45, 7) is 5.84. The van der Waals surface area contributed by atoms with E-state index in [1.165, 1.54) is 5.01 Å². The van der Waals surface area contributed by atoms with Gasteiger partial charge in [0.25, 0.3) is 5.91 Å². The Balaban J connectivity index is 1.82. The number of hydrazine groups is 1. The van der Waals surface area contributed by atoms with Gasteiger partial charge in [-0.2, -0.15) is 13.2 Å². The molecule has 0 aliphatic carbocycles. The number of ether oxygens (including phenoxy) is 1. The number of carbonyl (C=O) groups excluding carboxylic acids is 2. The third-order valence-electron chi connectivity index (χ3n) is 5.96. The molecule has 0 saturated carbocycles. The van der Waals surface area contributed by atoms with Gasteiger partial charge >= 0.3 is 18.2 Å². The van der Waals surface area contributed by atoms with Crippen molar-refractivity contribution in [3.8, 4) is 11.3 Å². The number of alkyl carbamates (subject to hydrolysis) is 1. The van der Waals surface area contributed by atoms with Gasteiger partial charge in [0.05, 0.1) is 5.69 Å². The first-order chi connectivity index (χ1) is 18.6. The minimum absolute atomic E-state index is 0.0218. The third-order valence-corrected chi connectivity index (χ3v) is 5.96.